The number of thiophene rings is 1. The van der Waals surface area contributed by atoms with Gasteiger partial charge in [0.1, 0.15) is 0 Å². The molecule has 5 nitrogen and oxygen atoms in total. The molecule has 0 unspecified atom stereocenters. The van der Waals surface area contributed by atoms with Crippen LogP contribution in [0.4, 0.5) is 6.01 Å². The first-order valence-corrected chi connectivity index (χ1v) is 9.39. The summed E-state index contributed by atoms with van der Waals surface area (Å²) in [5, 5.41) is 10.5. The van der Waals surface area contributed by atoms with Gasteiger partial charge in [0.25, 0.3) is 11.8 Å². The largest absolute Gasteiger partial charge is 0.402 e. The second kappa shape index (κ2) is 7.29. The van der Waals surface area contributed by atoms with E-state index in [0.29, 0.717) is 11.5 Å². The molecular formula is C15H12BrN3O2S2. The SMILES string of the molecule is CCSc1ccccc1C(=O)Nc1nnc(-c2ccc(Br)s2)o1. The van der Waals surface area contributed by atoms with Gasteiger partial charge in [-0.2, -0.15) is 0 Å². The van der Waals surface area contributed by atoms with Gasteiger partial charge in [-0.1, -0.05) is 24.2 Å². The maximum Gasteiger partial charge on any atom is 0.322 e. The highest BCUT2D eigenvalue weighted by molar-refractivity contribution is 9.11. The maximum atomic E-state index is 12.4. The summed E-state index contributed by atoms with van der Waals surface area (Å²) in [6, 6.07) is 11.3. The lowest BCUT2D eigenvalue weighted by Crippen LogP contribution is -2.13. The minimum atomic E-state index is -0.260. The number of nitrogens with one attached hydrogen (secondary N) is 1. The lowest BCUT2D eigenvalue weighted by atomic mass is 10.2. The highest BCUT2D eigenvalue weighted by Gasteiger charge is 2.16. The van der Waals surface area contributed by atoms with Crippen molar-refractivity contribution < 1.29 is 9.21 Å². The van der Waals surface area contributed by atoms with E-state index in [0.717, 1.165) is 19.3 Å². The molecule has 118 valence electrons. The van der Waals surface area contributed by atoms with E-state index in [1.54, 1.807) is 17.8 Å². The van der Waals surface area contributed by atoms with Gasteiger partial charge in [-0.05, 0) is 45.9 Å². The van der Waals surface area contributed by atoms with Crippen molar-refractivity contribution in [3.05, 3.63) is 45.7 Å². The van der Waals surface area contributed by atoms with Crippen LogP contribution in [0.2, 0.25) is 0 Å². The van der Waals surface area contributed by atoms with Crippen LogP contribution in [0.1, 0.15) is 17.3 Å². The molecule has 1 aromatic carbocycles. The first kappa shape index (κ1) is 16.2. The Morgan fingerprint density at radius 2 is 2.13 bits per heavy atom. The number of carbonyl (C=O) groups excluding carboxylic acids is 1. The Morgan fingerprint density at radius 1 is 1.30 bits per heavy atom. The fourth-order valence-corrected chi connectivity index (χ4v) is 4.01. The van der Waals surface area contributed by atoms with Gasteiger partial charge in [0.05, 0.1) is 14.2 Å². The highest BCUT2D eigenvalue weighted by atomic mass is 79.9. The number of anilines is 1. The molecule has 2 aromatic heterocycles. The molecule has 0 atom stereocenters. The minimum absolute atomic E-state index is 0.0887. The third kappa shape index (κ3) is 3.82. The average molecular weight is 410 g/mol. The summed E-state index contributed by atoms with van der Waals surface area (Å²) in [5.74, 6) is 1.01. The molecular weight excluding hydrogens is 398 g/mol. The van der Waals surface area contributed by atoms with Crippen LogP contribution < -0.4 is 5.32 Å². The van der Waals surface area contributed by atoms with Gasteiger partial charge in [0.2, 0.25) is 0 Å². The quantitative estimate of drug-likeness (QED) is 0.605. The molecule has 0 radical (unpaired) electrons. The number of benzene rings is 1. The van der Waals surface area contributed by atoms with E-state index in [9.17, 15) is 4.79 Å². The summed E-state index contributed by atoms with van der Waals surface area (Å²) < 4.78 is 6.48. The van der Waals surface area contributed by atoms with E-state index in [-0.39, 0.29) is 11.9 Å². The Kier molecular flexibility index (Phi) is 5.14. The number of amides is 1. The standard InChI is InChI=1S/C15H12BrN3O2S2/c1-2-22-10-6-4-3-5-9(10)13(20)17-15-19-18-14(21-15)11-7-8-12(16)23-11/h3-8H,2H2,1H3,(H,17,19,20). The van der Waals surface area contributed by atoms with Crippen molar-refractivity contribution in [3.63, 3.8) is 0 Å². The molecule has 0 aliphatic heterocycles. The molecule has 8 heteroatoms. The van der Waals surface area contributed by atoms with E-state index in [4.69, 9.17) is 4.42 Å². The van der Waals surface area contributed by atoms with Gasteiger partial charge in [0.15, 0.2) is 0 Å². The second-order valence-electron chi connectivity index (χ2n) is 4.40. The number of hydrogen-bond acceptors (Lipinski definition) is 6. The van der Waals surface area contributed by atoms with Gasteiger partial charge in [0, 0.05) is 4.90 Å². The Balaban J connectivity index is 1.77. The van der Waals surface area contributed by atoms with Crippen LogP contribution in [-0.4, -0.2) is 21.9 Å². The minimum Gasteiger partial charge on any atom is -0.402 e. The van der Waals surface area contributed by atoms with E-state index < -0.39 is 0 Å². The second-order valence-corrected chi connectivity index (χ2v) is 8.17. The van der Waals surface area contributed by atoms with Gasteiger partial charge < -0.3 is 4.42 Å². The van der Waals surface area contributed by atoms with E-state index in [2.05, 4.69) is 31.4 Å². The number of halogens is 1. The van der Waals surface area contributed by atoms with Crippen molar-refractivity contribution in [2.45, 2.75) is 11.8 Å². The number of nitrogens with zero attached hydrogens (tertiary/aromatic N) is 2. The number of rotatable bonds is 5. The summed E-state index contributed by atoms with van der Waals surface area (Å²) >= 11 is 6.48. The molecule has 0 aliphatic rings. The van der Waals surface area contributed by atoms with Crippen LogP contribution in [0.25, 0.3) is 10.8 Å². The summed E-state index contributed by atoms with van der Waals surface area (Å²) in [5.41, 5.74) is 0.595. The van der Waals surface area contributed by atoms with Crippen LogP contribution >= 0.6 is 39.0 Å². The van der Waals surface area contributed by atoms with Crippen molar-refractivity contribution >= 4 is 51.0 Å². The van der Waals surface area contributed by atoms with Crippen LogP contribution in [0.15, 0.2) is 49.5 Å². The van der Waals surface area contributed by atoms with Gasteiger partial charge in [-0.15, -0.1) is 28.2 Å². The predicted molar refractivity (Wildman–Crippen MR) is 96.1 cm³/mol. The third-order valence-corrected chi connectivity index (χ3v) is 5.43. The lowest BCUT2D eigenvalue weighted by molar-refractivity contribution is 0.102. The van der Waals surface area contributed by atoms with Crippen LogP contribution in [0.5, 0.6) is 0 Å². The molecule has 23 heavy (non-hydrogen) atoms. The zero-order valence-corrected chi connectivity index (χ0v) is 15.3. The Bertz CT molecular complexity index is 832. The Morgan fingerprint density at radius 3 is 2.87 bits per heavy atom. The monoisotopic (exact) mass is 409 g/mol. The van der Waals surface area contributed by atoms with Crippen LogP contribution in [0, 0.1) is 0 Å². The number of carbonyl (C=O) groups is 1. The lowest BCUT2D eigenvalue weighted by Gasteiger charge is -2.06. The van der Waals surface area contributed by atoms with Crippen molar-refractivity contribution in [1.82, 2.24) is 10.2 Å². The Hall–Kier alpha value is -1.64. The Labute approximate surface area is 149 Å². The smallest absolute Gasteiger partial charge is 0.322 e. The molecule has 3 rings (SSSR count). The molecule has 0 fully saturated rings. The van der Waals surface area contributed by atoms with Crippen LogP contribution in [0.3, 0.4) is 0 Å². The number of thioether (sulfide) groups is 1. The van der Waals surface area contributed by atoms with E-state index >= 15 is 0 Å². The fourth-order valence-electron chi connectivity index (χ4n) is 1.90. The van der Waals surface area contributed by atoms with Crippen molar-refractivity contribution in [2.24, 2.45) is 0 Å². The zero-order chi connectivity index (χ0) is 16.2. The summed E-state index contributed by atoms with van der Waals surface area (Å²) in [6.45, 7) is 2.04. The van der Waals surface area contributed by atoms with E-state index in [1.807, 2.05) is 37.3 Å². The molecule has 0 saturated heterocycles. The number of aromatic nitrogens is 2. The van der Waals surface area contributed by atoms with Crippen LogP contribution in [-0.2, 0) is 0 Å². The topological polar surface area (TPSA) is 68.0 Å². The predicted octanol–water partition coefficient (Wildman–Crippen LogP) is 4.92. The first-order valence-electron chi connectivity index (χ1n) is 6.79. The van der Waals surface area contributed by atoms with Gasteiger partial charge in [-0.3, -0.25) is 10.1 Å². The number of hydrogen-bond donors (Lipinski definition) is 1. The summed E-state index contributed by atoms with van der Waals surface area (Å²) in [4.78, 5) is 14.2. The maximum absolute atomic E-state index is 12.4. The molecule has 3 aromatic rings. The summed E-state index contributed by atoms with van der Waals surface area (Å²) in [6.07, 6.45) is 0. The zero-order valence-electron chi connectivity index (χ0n) is 12.1. The molecule has 1 N–H and O–H groups in total. The molecule has 0 bridgehead atoms. The molecule has 1 amide bonds. The highest BCUT2D eigenvalue weighted by Crippen LogP contribution is 2.31. The van der Waals surface area contributed by atoms with Crippen molar-refractivity contribution in [1.29, 1.82) is 0 Å². The first-order chi connectivity index (χ1) is 11.2. The fraction of sp³-hybridized carbons (Fsp3) is 0.133. The van der Waals surface area contributed by atoms with Gasteiger partial charge >= 0.3 is 6.01 Å². The van der Waals surface area contributed by atoms with E-state index in [1.165, 1.54) is 11.3 Å². The molecule has 2 heterocycles. The average Bonchev–Trinajstić information content (AvgIpc) is 3.17. The molecule has 0 saturated carbocycles. The third-order valence-electron chi connectivity index (χ3n) is 2.86. The summed E-state index contributed by atoms with van der Waals surface area (Å²) in [7, 11) is 0. The van der Waals surface area contributed by atoms with Crippen molar-refractivity contribution in [3.8, 4) is 10.8 Å². The molecule has 0 aliphatic carbocycles. The molecule has 0 spiro atoms. The normalized spacial score (nSPS) is 10.7. The van der Waals surface area contributed by atoms with Crippen molar-refractivity contribution in [2.75, 3.05) is 11.1 Å². The van der Waals surface area contributed by atoms with Gasteiger partial charge in [-0.25, -0.2) is 0 Å².